The van der Waals surface area contributed by atoms with Crippen LogP contribution in [0.1, 0.15) is 47.3 Å². The highest BCUT2D eigenvalue weighted by molar-refractivity contribution is 7.89. The highest BCUT2D eigenvalue weighted by atomic mass is 32.2. The van der Waals surface area contributed by atoms with Crippen LogP contribution in [-0.2, 0) is 21.2 Å². The number of ether oxygens (including phenoxy) is 1. The van der Waals surface area contributed by atoms with Gasteiger partial charge in [0.05, 0.1) is 17.1 Å². The molecule has 0 spiro atoms. The van der Waals surface area contributed by atoms with Crippen molar-refractivity contribution in [1.29, 1.82) is 0 Å². The van der Waals surface area contributed by atoms with Crippen LogP contribution in [0.5, 0.6) is 0 Å². The van der Waals surface area contributed by atoms with Crippen LogP contribution in [0.15, 0.2) is 53.4 Å². The van der Waals surface area contributed by atoms with Crippen LogP contribution < -0.4 is 0 Å². The highest BCUT2D eigenvalue weighted by Crippen LogP contribution is 2.36. The summed E-state index contributed by atoms with van der Waals surface area (Å²) in [6.45, 7) is 2.01. The topological polar surface area (TPSA) is 63.7 Å². The van der Waals surface area contributed by atoms with Crippen LogP contribution in [0.4, 0.5) is 0 Å². The molecule has 1 atom stereocenters. The summed E-state index contributed by atoms with van der Waals surface area (Å²) < 4.78 is 32.5. The predicted molar refractivity (Wildman–Crippen MR) is 99.5 cm³/mol. The molecule has 0 N–H and O–H groups in total. The molecule has 138 valence electrons. The minimum Gasteiger partial charge on any atom is -0.462 e. The van der Waals surface area contributed by atoms with E-state index in [2.05, 4.69) is 6.07 Å². The van der Waals surface area contributed by atoms with E-state index in [0.29, 0.717) is 5.56 Å². The van der Waals surface area contributed by atoms with Gasteiger partial charge in [-0.2, -0.15) is 4.31 Å². The lowest BCUT2D eigenvalue weighted by Crippen LogP contribution is -2.33. The first kappa shape index (κ1) is 18.6. The minimum absolute atomic E-state index is 0.172. The average molecular weight is 373 g/mol. The first-order chi connectivity index (χ1) is 12.4. The molecule has 0 heterocycles. The fraction of sp³-hybridized carbons (Fsp3) is 0.350. The van der Waals surface area contributed by atoms with Crippen molar-refractivity contribution in [3.63, 3.8) is 0 Å². The molecule has 3 rings (SSSR count). The van der Waals surface area contributed by atoms with E-state index in [9.17, 15) is 13.2 Å². The fourth-order valence-electron chi connectivity index (χ4n) is 3.42. The number of carbonyl (C=O) groups is 1. The molecule has 2 aromatic carbocycles. The van der Waals surface area contributed by atoms with Crippen LogP contribution in [0.2, 0.25) is 0 Å². The third-order valence-corrected chi connectivity index (χ3v) is 6.70. The maximum absolute atomic E-state index is 13.1. The van der Waals surface area contributed by atoms with Crippen LogP contribution in [-0.4, -0.2) is 32.3 Å². The summed E-state index contributed by atoms with van der Waals surface area (Å²) in [6, 6.07) is 13.8. The van der Waals surface area contributed by atoms with Crippen LogP contribution >= 0.6 is 0 Å². The van der Waals surface area contributed by atoms with Gasteiger partial charge in [0.15, 0.2) is 0 Å². The van der Waals surface area contributed by atoms with Crippen LogP contribution in [0.3, 0.4) is 0 Å². The van der Waals surface area contributed by atoms with Crippen molar-refractivity contribution < 1.29 is 17.9 Å². The van der Waals surface area contributed by atoms with Gasteiger partial charge in [0.1, 0.15) is 0 Å². The van der Waals surface area contributed by atoms with Crippen molar-refractivity contribution >= 4 is 16.0 Å². The molecule has 0 aromatic heterocycles. The molecule has 0 radical (unpaired) electrons. The Hall–Kier alpha value is -2.18. The normalized spacial score (nSPS) is 17.0. The SMILES string of the molecule is CCOC(=O)c1ccc(S(=O)(=O)N(C)C2CCCc3ccccc32)cc1. The quantitative estimate of drug-likeness (QED) is 0.752. The molecule has 1 aliphatic rings. The van der Waals surface area contributed by atoms with E-state index in [4.69, 9.17) is 4.74 Å². The van der Waals surface area contributed by atoms with Gasteiger partial charge in [-0.3, -0.25) is 0 Å². The monoisotopic (exact) mass is 373 g/mol. The van der Waals surface area contributed by atoms with E-state index >= 15 is 0 Å². The molecule has 1 aliphatic carbocycles. The van der Waals surface area contributed by atoms with Crippen molar-refractivity contribution in [2.45, 2.75) is 37.1 Å². The molecular formula is C20H23NO4S. The second-order valence-corrected chi connectivity index (χ2v) is 8.37. The Labute approximate surface area is 154 Å². The first-order valence-corrected chi connectivity index (χ1v) is 10.2. The maximum atomic E-state index is 13.1. The second kappa shape index (κ2) is 7.60. The van der Waals surface area contributed by atoms with E-state index in [-0.39, 0.29) is 17.5 Å². The van der Waals surface area contributed by atoms with Crippen LogP contribution in [0, 0.1) is 0 Å². The average Bonchev–Trinajstić information content (AvgIpc) is 2.67. The zero-order valence-corrected chi connectivity index (χ0v) is 15.8. The van der Waals surface area contributed by atoms with Gasteiger partial charge >= 0.3 is 5.97 Å². The van der Waals surface area contributed by atoms with E-state index in [1.807, 2.05) is 18.2 Å². The third-order valence-electron chi connectivity index (χ3n) is 4.82. The van der Waals surface area contributed by atoms with E-state index in [1.165, 1.54) is 34.1 Å². The molecule has 0 fully saturated rings. The van der Waals surface area contributed by atoms with Gasteiger partial charge < -0.3 is 4.74 Å². The van der Waals surface area contributed by atoms with Gasteiger partial charge in [0.2, 0.25) is 10.0 Å². The highest BCUT2D eigenvalue weighted by Gasteiger charge is 2.32. The second-order valence-electron chi connectivity index (χ2n) is 6.37. The predicted octanol–water partition coefficient (Wildman–Crippen LogP) is 3.56. The summed E-state index contributed by atoms with van der Waals surface area (Å²) in [5.74, 6) is -0.453. The third kappa shape index (κ3) is 3.52. The molecule has 0 bridgehead atoms. The van der Waals surface area contributed by atoms with Gasteiger partial charge in [-0.1, -0.05) is 24.3 Å². The van der Waals surface area contributed by atoms with Gasteiger partial charge in [0, 0.05) is 13.1 Å². The Morgan fingerprint density at radius 2 is 1.85 bits per heavy atom. The number of benzene rings is 2. The molecule has 5 nitrogen and oxygen atoms in total. The number of hydrogen-bond acceptors (Lipinski definition) is 4. The molecule has 1 unspecified atom stereocenters. The number of rotatable bonds is 5. The summed E-state index contributed by atoms with van der Waals surface area (Å²) in [6.07, 6.45) is 2.74. The Balaban J connectivity index is 1.88. The zero-order chi connectivity index (χ0) is 18.7. The molecule has 26 heavy (non-hydrogen) atoms. The molecule has 0 aliphatic heterocycles. The van der Waals surface area contributed by atoms with Crippen molar-refractivity contribution in [2.75, 3.05) is 13.7 Å². The van der Waals surface area contributed by atoms with Gasteiger partial charge in [-0.15, -0.1) is 0 Å². The number of carbonyl (C=O) groups excluding carboxylic acids is 1. The number of esters is 1. The van der Waals surface area contributed by atoms with Crippen molar-refractivity contribution in [3.8, 4) is 0 Å². The smallest absolute Gasteiger partial charge is 0.338 e. The summed E-state index contributed by atoms with van der Waals surface area (Å²) in [5, 5.41) is 0. The molecule has 2 aromatic rings. The molecule has 6 heteroatoms. The zero-order valence-electron chi connectivity index (χ0n) is 15.0. The minimum atomic E-state index is -3.65. The lowest BCUT2D eigenvalue weighted by atomic mass is 9.88. The number of fused-ring (bicyclic) bond motifs is 1. The molecule has 0 amide bonds. The maximum Gasteiger partial charge on any atom is 0.338 e. The Morgan fingerprint density at radius 1 is 1.15 bits per heavy atom. The van der Waals surface area contributed by atoms with Crippen molar-refractivity contribution in [3.05, 3.63) is 65.2 Å². The number of aryl methyl sites for hydroxylation is 1. The molecular weight excluding hydrogens is 350 g/mol. The van der Waals surface area contributed by atoms with Gasteiger partial charge in [-0.25, -0.2) is 13.2 Å². The van der Waals surface area contributed by atoms with Gasteiger partial charge in [-0.05, 0) is 61.6 Å². The van der Waals surface area contributed by atoms with Gasteiger partial charge in [0.25, 0.3) is 0 Å². The standard InChI is InChI=1S/C20H23NO4S/c1-3-25-20(22)16-11-13-17(14-12-16)26(23,24)21(2)19-10-6-8-15-7-4-5-9-18(15)19/h4-5,7,9,11-14,19H,3,6,8,10H2,1-2H3. The summed E-state index contributed by atoms with van der Waals surface area (Å²) >= 11 is 0. The lowest BCUT2D eigenvalue weighted by molar-refractivity contribution is 0.0526. The Kier molecular flexibility index (Phi) is 5.44. The summed E-state index contributed by atoms with van der Waals surface area (Å²) in [7, 11) is -2.03. The summed E-state index contributed by atoms with van der Waals surface area (Å²) in [4.78, 5) is 11.9. The Morgan fingerprint density at radius 3 is 2.54 bits per heavy atom. The van der Waals surface area contributed by atoms with E-state index in [1.54, 1.807) is 14.0 Å². The van der Waals surface area contributed by atoms with Crippen molar-refractivity contribution in [1.82, 2.24) is 4.31 Å². The molecule has 0 saturated heterocycles. The molecule has 0 saturated carbocycles. The number of sulfonamides is 1. The van der Waals surface area contributed by atoms with E-state index in [0.717, 1.165) is 24.8 Å². The van der Waals surface area contributed by atoms with Crippen molar-refractivity contribution in [2.24, 2.45) is 0 Å². The number of hydrogen-bond donors (Lipinski definition) is 0. The van der Waals surface area contributed by atoms with E-state index < -0.39 is 16.0 Å². The summed E-state index contributed by atoms with van der Waals surface area (Å²) in [5.41, 5.74) is 2.63. The first-order valence-electron chi connectivity index (χ1n) is 8.78. The van der Waals surface area contributed by atoms with Crippen LogP contribution in [0.25, 0.3) is 0 Å². The lowest BCUT2D eigenvalue weighted by Gasteiger charge is -2.32. The fourth-order valence-corrected chi connectivity index (χ4v) is 4.78. The Bertz CT molecular complexity index is 890. The largest absolute Gasteiger partial charge is 0.462 e. The number of nitrogens with zero attached hydrogens (tertiary/aromatic N) is 1.